The third-order valence-electron chi connectivity index (χ3n) is 0.612. The van der Waals surface area contributed by atoms with Crippen LogP contribution in [0.2, 0.25) is 0 Å². The maximum Gasteiger partial charge on any atom is 0.379 e. The molecule has 1 radical (unpaired) electrons. The monoisotopic (exact) mass is 150 g/mol. The van der Waals surface area contributed by atoms with Crippen LogP contribution in [0.15, 0.2) is 5.29 Å². The predicted octanol–water partition coefficient (Wildman–Crippen LogP) is 0.868. The van der Waals surface area contributed by atoms with Crippen LogP contribution in [0, 0.1) is 4.91 Å². The van der Waals surface area contributed by atoms with E-state index in [9.17, 15) is 9.70 Å². The van der Waals surface area contributed by atoms with Crippen molar-refractivity contribution in [3.8, 4) is 0 Å². The van der Waals surface area contributed by atoms with Gasteiger partial charge in [0.2, 0.25) is 0 Å². The van der Waals surface area contributed by atoms with Gasteiger partial charge in [-0.1, -0.05) is 0 Å². The van der Waals surface area contributed by atoms with Gasteiger partial charge in [-0.3, -0.25) is 0 Å². The Morgan fingerprint density at radius 2 is 2.33 bits per heavy atom. The summed E-state index contributed by atoms with van der Waals surface area (Å²) >= 11 is 5.19. The van der Waals surface area contributed by atoms with Crippen molar-refractivity contribution in [1.82, 2.24) is 9.84 Å². The summed E-state index contributed by atoms with van der Waals surface area (Å²) in [5.74, 6) is 0. The molecule has 0 fully saturated rings. The summed E-state index contributed by atoms with van der Waals surface area (Å²) < 4.78 is 0.751. The van der Waals surface area contributed by atoms with Crippen LogP contribution in [0.1, 0.15) is 6.92 Å². The highest BCUT2D eigenvalue weighted by molar-refractivity contribution is 6.20. The van der Waals surface area contributed by atoms with Crippen LogP contribution in [0.25, 0.3) is 0 Å². The number of halogens is 1. The molecule has 6 heteroatoms. The molecule has 2 amide bonds. The van der Waals surface area contributed by atoms with Crippen LogP contribution < -0.4 is 5.43 Å². The van der Waals surface area contributed by atoms with E-state index in [-0.39, 0.29) is 0 Å². The summed E-state index contributed by atoms with van der Waals surface area (Å²) in [6.45, 7) is 1.94. The van der Waals surface area contributed by atoms with Crippen molar-refractivity contribution in [3.63, 3.8) is 0 Å². The van der Waals surface area contributed by atoms with Crippen molar-refractivity contribution >= 4 is 17.8 Å². The lowest BCUT2D eigenvalue weighted by molar-refractivity contribution is 0.225. The van der Waals surface area contributed by atoms with Crippen molar-refractivity contribution in [3.05, 3.63) is 4.91 Å². The molecule has 0 spiro atoms. The fourth-order valence-corrected chi connectivity index (χ4v) is 0.253. The lowest BCUT2D eigenvalue weighted by Gasteiger charge is -2.04. The Hall–Kier alpha value is -0.840. The van der Waals surface area contributed by atoms with Crippen LogP contribution in [0.3, 0.4) is 0 Å². The summed E-state index contributed by atoms with van der Waals surface area (Å²) in [6.07, 6.45) is 0. The molecular weight excluding hydrogens is 146 g/mol. The molecule has 0 aliphatic rings. The number of hydrogen-bond donors (Lipinski definition) is 0. The van der Waals surface area contributed by atoms with Crippen LogP contribution in [-0.2, 0) is 0 Å². The summed E-state index contributed by atoms with van der Waals surface area (Å²) in [5.41, 5.74) is 2.62. The molecule has 0 heterocycles. The van der Waals surface area contributed by atoms with Crippen LogP contribution >= 0.6 is 11.8 Å². The highest BCUT2D eigenvalue weighted by atomic mass is 35.5. The SMILES string of the molecule is CCN(Cl)C(=O)[N]N=O. The summed E-state index contributed by atoms with van der Waals surface area (Å²) in [7, 11) is 0. The van der Waals surface area contributed by atoms with Gasteiger partial charge in [-0.15, -0.1) is 4.91 Å². The first-order valence-electron chi connectivity index (χ1n) is 2.23. The average molecular weight is 151 g/mol. The van der Waals surface area contributed by atoms with E-state index in [1.54, 1.807) is 6.92 Å². The topological polar surface area (TPSA) is 63.8 Å². The second-order valence-electron chi connectivity index (χ2n) is 1.14. The van der Waals surface area contributed by atoms with Crippen molar-refractivity contribution < 1.29 is 4.79 Å². The normalized spacial score (nSPS) is 8.22. The average Bonchev–Trinajstić information content (AvgIpc) is 1.87. The second-order valence-corrected chi connectivity index (χ2v) is 1.55. The van der Waals surface area contributed by atoms with Crippen molar-refractivity contribution in [2.24, 2.45) is 5.29 Å². The first-order chi connectivity index (χ1) is 4.22. The van der Waals surface area contributed by atoms with Crippen molar-refractivity contribution in [2.45, 2.75) is 6.92 Å². The van der Waals surface area contributed by atoms with E-state index in [4.69, 9.17) is 11.8 Å². The van der Waals surface area contributed by atoms with Gasteiger partial charge in [-0.25, -0.2) is 9.21 Å². The minimum Gasteiger partial charge on any atom is -0.243 e. The Kier molecular flexibility index (Phi) is 3.70. The Bertz CT molecular complexity index is 118. The zero-order valence-corrected chi connectivity index (χ0v) is 5.50. The molecule has 0 aromatic rings. The Balaban J connectivity index is 3.58. The summed E-state index contributed by atoms with van der Waals surface area (Å²) in [5, 5.41) is 2.00. The van der Waals surface area contributed by atoms with Crippen molar-refractivity contribution in [2.75, 3.05) is 6.54 Å². The molecule has 0 aliphatic carbocycles. The highest BCUT2D eigenvalue weighted by Gasteiger charge is 2.08. The largest absolute Gasteiger partial charge is 0.379 e. The molecule has 0 bridgehead atoms. The smallest absolute Gasteiger partial charge is 0.243 e. The van der Waals surface area contributed by atoms with Crippen LogP contribution in [-0.4, -0.2) is 17.0 Å². The first kappa shape index (κ1) is 8.16. The van der Waals surface area contributed by atoms with Gasteiger partial charge in [0.25, 0.3) is 0 Å². The highest BCUT2D eigenvalue weighted by Crippen LogP contribution is 1.93. The molecule has 9 heavy (non-hydrogen) atoms. The molecular formula is C3H5ClN3O2. The van der Waals surface area contributed by atoms with Gasteiger partial charge >= 0.3 is 6.03 Å². The van der Waals surface area contributed by atoms with Gasteiger partial charge in [-0.2, -0.15) is 0 Å². The minimum atomic E-state index is -0.839. The van der Waals surface area contributed by atoms with Gasteiger partial charge in [0.1, 0.15) is 0 Å². The van der Waals surface area contributed by atoms with Crippen LogP contribution in [0.5, 0.6) is 0 Å². The van der Waals surface area contributed by atoms with E-state index >= 15 is 0 Å². The molecule has 0 aromatic heterocycles. The molecule has 0 saturated heterocycles. The predicted molar refractivity (Wildman–Crippen MR) is 31.6 cm³/mol. The minimum absolute atomic E-state index is 0.291. The quantitative estimate of drug-likeness (QED) is 0.333. The number of rotatable bonds is 2. The maximum atomic E-state index is 10.3. The first-order valence-corrected chi connectivity index (χ1v) is 2.56. The number of urea groups is 1. The standard InChI is InChI=1S/C3H5ClN3O2/c1-2-7(4)3(8)5-6-9/h2H2,1H3. The third kappa shape index (κ3) is 2.86. The number of amides is 2. The van der Waals surface area contributed by atoms with E-state index in [1.807, 2.05) is 5.29 Å². The van der Waals surface area contributed by atoms with Gasteiger partial charge in [0, 0.05) is 18.3 Å². The van der Waals surface area contributed by atoms with Gasteiger partial charge in [-0.05, 0) is 12.3 Å². The molecule has 0 N–H and O–H groups in total. The van der Waals surface area contributed by atoms with Gasteiger partial charge in [0.15, 0.2) is 0 Å². The zero-order chi connectivity index (χ0) is 7.28. The molecule has 0 aliphatic heterocycles. The lowest BCUT2D eigenvalue weighted by Crippen LogP contribution is -2.25. The number of hydrogen-bond acceptors (Lipinski definition) is 3. The van der Waals surface area contributed by atoms with Crippen molar-refractivity contribution in [1.29, 1.82) is 0 Å². The molecule has 0 saturated carbocycles. The number of nitrogens with zero attached hydrogens (tertiary/aromatic N) is 3. The summed E-state index contributed by atoms with van der Waals surface area (Å²) in [4.78, 5) is 19.6. The number of carbonyl (C=O) groups is 1. The van der Waals surface area contributed by atoms with Crippen LogP contribution in [0.4, 0.5) is 4.79 Å². The summed E-state index contributed by atoms with van der Waals surface area (Å²) in [6, 6.07) is -0.839. The molecule has 0 atom stereocenters. The zero-order valence-electron chi connectivity index (χ0n) is 4.74. The fourth-order valence-electron chi connectivity index (χ4n) is 0.219. The maximum absolute atomic E-state index is 10.3. The number of nitroso groups, excluding NO2 is 1. The molecule has 0 unspecified atom stereocenters. The Morgan fingerprint density at radius 1 is 1.78 bits per heavy atom. The Labute approximate surface area is 57.0 Å². The van der Waals surface area contributed by atoms with E-state index in [1.165, 1.54) is 0 Å². The van der Waals surface area contributed by atoms with Gasteiger partial charge in [0.05, 0.1) is 5.29 Å². The molecule has 0 rings (SSSR count). The number of carbonyl (C=O) groups excluding carboxylic acids is 1. The fraction of sp³-hybridized carbons (Fsp3) is 0.667. The van der Waals surface area contributed by atoms with E-state index in [2.05, 4.69) is 5.43 Å². The van der Waals surface area contributed by atoms with E-state index in [0.717, 1.165) is 4.42 Å². The molecule has 5 nitrogen and oxygen atoms in total. The third-order valence-corrected chi connectivity index (χ3v) is 0.995. The lowest BCUT2D eigenvalue weighted by atomic mass is 10.7. The van der Waals surface area contributed by atoms with Gasteiger partial charge < -0.3 is 0 Å². The molecule has 0 aromatic carbocycles. The van der Waals surface area contributed by atoms with E-state index in [0.29, 0.717) is 6.54 Å². The Morgan fingerprint density at radius 3 is 2.67 bits per heavy atom. The second kappa shape index (κ2) is 4.08. The van der Waals surface area contributed by atoms with E-state index < -0.39 is 6.03 Å². The molecule has 51 valence electrons.